The van der Waals surface area contributed by atoms with Gasteiger partial charge in [-0.2, -0.15) is 0 Å². The molecule has 0 saturated heterocycles. The number of benzene rings is 2. The second-order valence-electron chi connectivity index (χ2n) is 6.55. The normalized spacial score (nSPS) is 11.2. The number of rotatable bonds is 4. The molecule has 0 aliphatic heterocycles. The van der Waals surface area contributed by atoms with Crippen LogP contribution in [-0.4, -0.2) is 17.0 Å². The molecule has 6 nitrogen and oxygen atoms in total. The Morgan fingerprint density at radius 3 is 2.57 bits per heavy atom. The van der Waals surface area contributed by atoms with E-state index in [1.807, 2.05) is 18.2 Å². The Kier molecular flexibility index (Phi) is 4.34. The molecule has 2 aromatic carbocycles. The van der Waals surface area contributed by atoms with Crippen molar-refractivity contribution in [3.63, 3.8) is 0 Å². The number of thiophene rings is 1. The van der Waals surface area contributed by atoms with Crippen LogP contribution in [0.2, 0.25) is 5.02 Å². The number of carbonyl (C=O) groups excluding carboxylic acids is 1. The third-order valence-corrected chi connectivity index (χ3v) is 5.83. The summed E-state index contributed by atoms with van der Waals surface area (Å²) >= 11 is 7.18. The van der Waals surface area contributed by atoms with Gasteiger partial charge in [0.05, 0.1) is 10.6 Å². The van der Waals surface area contributed by atoms with E-state index in [9.17, 15) is 14.7 Å². The summed E-state index contributed by atoms with van der Waals surface area (Å²) in [6.07, 6.45) is 0. The second-order valence-corrected chi connectivity index (χ2v) is 7.87. The van der Waals surface area contributed by atoms with E-state index in [1.54, 1.807) is 41.8 Å². The van der Waals surface area contributed by atoms with Crippen molar-refractivity contribution in [1.29, 1.82) is 0 Å². The van der Waals surface area contributed by atoms with Crippen molar-refractivity contribution in [1.82, 2.24) is 0 Å². The highest BCUT2D eigenvalue weighted by Gasteiger charge is 2.24. The molecule has 1 amide bonds. The lowest BCUT2D eigenvalue weighted by molar-refractivity contribution is 0.0699. The minimum atomic E-state index is -1.18. The number of carboxylic acid groups (broad SMARTS) is 1. The Morgan fingerprint density at radius 2 is 1.77 bits per heavy atom. The molecule has 148 valence electrons. The van der Waals surface area contributed by atoms with Crippen LogP contribution in [0.25, 0.3) is 32.6 Å². The van der Waals surface area contributed by atoms with E-state index in [2.05, 4.69) is 5.32 Å². The van der Waals surface area contributed by atoms with Gasteiger partial charge in [0.2, 0.25) is 0 Å². The number of hydrogen-bond acceptors (Lipinski definition) is 5. The third-order valence-electron chi connectivity index (χ3n) is 4.60. The van der Waals surface area contributed by atoms with Crippen molar-refractivity contribution >= 4 is 62.4 Å². The van der Waals surface area contributed by atoms with Crippen molar-refractivity contribution in [3.8, 4) is 10.6 Å². The summed E-state index contributed by atoms with van der Waals surface area (Å²) in [6.45, 7) is 0. The highest BCUT2D eigenvalue weighted by Crippen LogP contribution is 2.39. The SMILES string of the molecule is O=C(Nc1csc(-c2cc3cc(Cl)ccc3o2)c1C(=O)O)c1cc2ccccc2o1. The zero-order chi connectivity index (χ0) is 20.8. The van der Waals surface area contributed by atoms with Crippen molar-refractivity contribution < 1.29 is 23.5 Å². The molecule has 2 N–H and O–H groups in total. The van der Waals surface area contributed by atoms with Crippen LogP contribution in [0.15, 0.2) is 68.8 Å². The molecule has 0 saturated carbocycles. The maximum absolute atomic E-state index is 12.7. The van der Waals surface area contributed by atoms with Crippen molar-refractivity contribution in [3.05, 3.63) is 76.3 Å². The van der Waals surface area contributed by atoms with Crippen LogP contribution in [0.1, 0.15) is 20.9 Å². The van der Waals surface area contributed by atoms with E-state index >= 15 is 0 Å². The molecule has 30 heavy (non-hydrogen) atoms. The third kappa shape index (κ3) is 3.14. The summed E-state index contributed by atoms with van der Waals surface area (Å²) in [6, 6.07) is 15.7. The fraction of sp³-hybridized carbons (Fsp3) is 0. The van der Waals surface area contributed by atoms with Gasteiger partial charge in [-0.25, -0.2) is 4.79 Å². The molecule has 3 heterocycles. The number of amides is 1. The maximum Gasteiger partial charge on any atom is 0.339 e. The molecule has 5 aromatic rings. The lowest BCUT2D eigenvalue weighted by Gasteiger charge is -2.03. The molecule has 3 aromatic heterocycles. The maximum atomic E-state index is 12.7. The second kappa shape index (κ2) is 7.05. The molecule has 0 atom stereocenters. The molecule has 5 rings (SSSR count). The largest absolute Gasteiger partial charge is 0.478 e. The van der Waals surface area contributed by atoms with Crippen LogP contribution in [0.5, 0.6) is 0 Å². The van der Waals surface area contributed by atoms with Gasteiger partial charge in [0.25, 0.3) is 5.91 Å². The number of furan rings is 2. The molecule has 0 spiro atoms. The zero-order valence-electron chi connectivity index (χ0n) is 15.1. The summed E-state index contributed by atoms with van der Waals surface area (Å²) < 4.78 is 11.4. The average Bonchev–Trinajstić information content (AvgIpc) is 3.43. The summed E-state index contributed by atoms with van der Waals surface area (Å²) in [5, 5.41) is 16.1. The molecular weight excluding hydrogens is 426 g/mol. The highest BCUT2D eigenvalue weighted by molar-refractivity contribution is 7.14. The molecule has 8 heteroatoms. The minimum absolute atomic E-state index is 0.0467. The number of carboxylic acids is 1. The first-order valence-electron chi connectivity index (χ1n) is 8.84. The quantitative estimate of drug-likeness (QED) is 0.334. The van der Waals surface area contributed by atoms with Crippen molar-refractivity contribution in [2.45, 2.75) is 0 Å². The Hall–Kier alpha value is -3.55. The first kappa shape index (κ1) is 18.5. The number of nitrogens with one attached hydrogen (secondary N) is 1. The van der Waals surface area contributed by atoms with Gasteiger partial charge in [0.1, 0.15) is 22.5 Å². The van der Waals surface area contributed by atoms with Crippen molar-refractivity contribution in [2.24, 2.45) is 0 Å². The van der Waals surface area contributed by atoms with E-state index in [0.717, 1.165) is 10.8 Å². The topological polar surface area (TPSA) is 92.7 Å². The first-order chi connectivity index (χ1) is 14.5. The Morgan fingerprint density at radius 1 is 0.967 bits per heavy atom. The van der Waals surface area contributed by atoms with E-state index in [0.29, 0.717) is 26.8 Å². The molecule has 0 radical (unpaired) electrons. The highest BCUT2D eigenvalue weighted by atomic mass is 35.5. The first-order valence-corrected chi connectivity index (χ1v) is 10.1. The number of halogens is 1. The molecule has 0 aliphatic rings. The van der Waals surface area contributed by atoms with Crippen LogP contribution < -0.4 is 5.32 Å². The average molecular weight is 438 g/mol. The summed E-state index contributed by atoms with van der Waals surface area (Å²) in [7, 11) is 0. The number of hydrogen-bond donors (Lipinski definition) is 2. The molecular formula is C22H12ClNO5S. The molecule has 0 aliphatic carbocycles. The Balaban J connectivity index is 1.52. The number of anilines is 1. The van der Waals surface area contributed by atoms with Gasteiger partial charge in [0.15, 0.2) is 5.76 Å². The predicted octanol–water partition coefficient (Wildman–Crippen LogP) is 6.51. The van der Waals surface area contributed by atoms with E-state index in [1.165, 1.54) is 11.3 Å². The standard InChI is InChI=1S/C22H12ClNO5S/c23-13-5-6-16-12(7-13)9-17(28-16)20-19(22(26)27)14(10-30-20)24-21(25)18-8-11-3-1-2-4-15(11)29-18/h1-10H,(H,24,25)(H,26,27). The molecule has 0 bridgehead atoms. The van der Waals surface area contributed by atoms with Gasteiger partial charge in [-0.3, -0.25) is 4.79 Å². The van der Waals surface area contributed by atoms with Gasteiger partial charge in [-0.05, 0) is 36.4 Å². The smallest absolute Gasteiger partial charge is 0.339 e. The zero-order valence-corrected chi connectivity index (χ0v) is 16.7. The number of fused-ring (bicyclic) bond motifs is 2. The summed E-state index contributed by atoms with van der Waals surface area (Å²) in [5.41, 5.74) is 1.29. The van der Waals surface area contributed by atoms with Crippen LogP contribution in [-0.2, 0) is 0 Å². The number of carbonyl (C=O) groups is 2. The van der Waals surface area contributed by atoms with Gasteiger partial charge >= 0.3 is 5.97 Å². The monoisotopic (exact) mass is 437 g/mol. The van der Waals surface area contributed by atoms with Crippen LogP contribution in [0.3, 0.4) is 0 Å². The Labute approximate surface area is 178 Å². The van der Waals surface area contributed by atoms with E-state index in [-0.39, 0.29) is 17.0 Å². The lowest BCUT2D eigenvalue weighted by atomic mass is 10.1. The summed E-state index contributed by atoms with van der Waals surface area (Å²) in [4.78, 5) is 25.0. The summed E-state index contributed by atoms with van der Waals surface area (Å²) in [5.74, 6) is -1.23. The minimum Gasteiger partial charge on any atom is -0.478 e. The van der Waals surface area contributed by atoms with E-state index in [4.69, 9.17) is 20.4 Å². The number of aromatic carboxylic acids is 1. The van der Waals surface area contributed by atoms with Gasteiger partial charge in [-0.1, -0.05) is 29.8 Å². The van der Waals surface area contributed by atoms with Gasteiger partial charge in [0, 0.05) is 21.2 Å². The van der Waals surface area contributed by atoms with E-state index < -0.39 is 11.9 Å². The Bertz CT molecular complexity index is 1410. The van der Waals surface area contributed by atoms with Crippen molar-refractivity contribution in [2.75, 3.05) is 5.32 Å². The number of para-hydroxylation sites is 1. The van der Waals surface area contributed by atoms with Crippen LogP contribution in [0.4, 0.5) is 5.69 Å². The molecule has 0 fully saturated rings. The fourth-order valence-corrected chi connectivity index (χ4v) is 4.37. The molecule has 0 unspecified atom stereocenters. The predicted molar refractivity (Wildman–Crippen MR) is 116 cm³/mol. The van der Waals surface area contributed by atoms with Gasteiger partial charge < -0.3 is 19.3 Å². The lowest BCUT2D eigenvalue weighted by Crippen LogP contribution is -2.13. The van der Waals surface area contributed by atoms with Crippen LogP contribution in [0, 0.1) is 0 Å². The van der Waals surface area contributed by atoms with Crippen LogP contribution >= 0.6 is 22.9 Å². The fourth-order valence-electron chi connectivity index (χ4n) is 3.25. The van der Waals surface area contributed by atoms with Gasteiger partial charge in [-0.15, -0.1) is 11.3 Å².